The summed E-state index contributed by atoms with van der Waals surface area (Å²) >= 11 is 2.11. The first-order valence-corrected chi connectivity index (χ1v) is 8.51. The van der Waals surface area contributed by atoms with E-state index in [0.29, 0.717) is 5.92 Å². The molecule has 1 aliphatic rings. The third-order valence-corrected chi connectivity index (χ3v) is 5.92. The molecule has 0 amide bonds. The molecule has 0 spiro atoms. The molecule has 1 heteroatoms. The molecule has 19 heavy (non-hydrogen) atoms. The Morgan fingerprint density at radius 1 is 1.16 bits per heavy atom. The van der Waals surface area contributed by atoms with Crippen molar-refractivity contribution in [3.05, 3.63) is 28.3 Å². The Balaban J connectivity index is 2.68. The quantitative estimate of drug-likeness (QED) is 0.633. The molecule has 1 aromatic carbocycles. The molecule has 0 aromatic heterocycles. The Labute approximate surface area is 123 Å². The van der Waals surface area contributed by atoms with Gasteiger partial charge in [0, 0.05) is 10.1 Å². The molecule has 106 valence electrons. The van der Waals surface area contributed by atoms with Gasteiger partial charge in [-0.25, -0.2) is 0 Å². The van der Waals surface area contributed by atoms with Gasteiger partial charge < -0.3 is 0 Å². The number of rotatable bonds is 2. The fraction of sp³-hybridized carbons (Fsp3) is 0.667. The number of hydrogen-bond acceptors (Lipinski definition) is 1. The van der Waals surface area contributed by atoms with Crippen molar-refractivity contribution in [3.63, 3.8) is 0 Å². The van der Waals surface area contributed by atoms with Crippen LogP contribution in [0.1, 0.15) is 75.1 Å². The average molecular weight is 276 g/mol. The molecule has 2 rings (SSSR count). The van der Waals surface area contributed by atoms with Crippen LogP contribution in [0.4, 0.5) is 0 Å². The van der Waals surface area contributed by atoms with E-state index in [1.54, 1.807) is 16.0 Å². The lowest BCUT2D eigenvalue weighted by molar-refractivity contribution is 0.450. The van der Waals surface area contributed by atoms with E-state index in [4.69, 9.17) is 0 Å². The normalized spacial score (nSPS) is 23.0. The van der Waals surface area contributed by atoms with Gasteiger partial charge >= 0.3 is 0 Å². The van der Waals surface area contributed by atoms with Crippen LogP contribution in [-0.4, -0.2) is 5.25 Å². The van der Waals surface area contributed by atoms with Gasteiger partial charge in [-0.15, -0.1) is 11.8 Å². The van der Waals surface area contributed by atoms with Crippen LogP contribution in [0.3, 0.4) is 0 Å². The van der Waals surface area contributed by atoms with E-state index in [1.165, 1.54) is 17.5 Å². The fourth-order valence-electron chi connectivity index (χ4n) is 3.27. The molecule has 0 saturated carbocycles. The highest BCUT2D eigenvalue weighted by atomic mass is 32.2. The van der Waals surface area contributed by atoms with Crippen molar-refractivity contribution in [2.24, 2.45) is 5.92 Å². The highest BCUT2D eigenvalue weighted by Gasteiger charge is 2.31. The summed E-state index contributed by atoms with van der Waals surface area (Å²) in [5, 5.41) is 0.750. The molecule has 0 bridgehead atoms. The zero-order valence-corrected chi connectivity index (χ0v) is 14.3. The number of hydrogen-bond donors (Lipinski definition) is 0. The first-order chi connectivity index (χ1) is 8.82. The lowest BCUT2D eigenvalue weighted by Crippen LogP contribution is -2.21. The van der Waals surface area contributed by atoms with Crippen LogP contribution in [-0.2, 0) is 0 Å². The largest absolute Gasteiger partial charge is 0.122 e. The molecule has 1 aliphatic heterocycles. The second-order valence-electron chi connectivity index (χ2n) is 6.82. The second kappa shape index (κ2) is 5.52. The van der Waals surface area contributed by atoms with E-state index in [2.05, 4.69) is 66.3 Å². The Hall–Kier alpha value is -0.430. The number of fused-ring (bicyclic) bond motifs is 1. The van der Waals surface area contributed by atoms with Gasteiger partial charge in [0.2, 0.25) is 0 Å². The molecule has 0 N–H and O–H groups in total. The number of thioether (sulfide) groups is 1. The highest BCUT2D eigenvalue weighted by molar-refractivity contribution is 8.00. The van der Waals surface area contributed by atoms with Crippen molar-refractivity contribution in [2.75, 3.05) is 0 Å². The van der Waals surface area contributed by atoms with Gasteiger partial charge in [-0.2, -0.15) is 0 Å². The van der Waals surface area contributed by atoms with Gasteiger partial charge in [0.25, 0.3) is 0 Å². The van der Waals surface area contributed by atoms with Gasteiger partial charge in [0.05, 0.1) is 0 Å². The van der Waals surface area contributed by atoms with Crippen molar-refractivity contribution < 1.29 is 0 Å². The lowest BCUT2D eigenvalue weighted by Gasteiger charge is -2.36. The molecule has 2 atom stereocenters. The summed E-state index contributed by atoms with van der Waals surface area (Å²) in [7, 11) is 0. The molecule has 1 unspecified atom stereocenters. The van der Waals surface area contributed by atoms with Crippen LogP contribution >= 0.6 is 11.8 Å². The first-order valence-electron chi connectivity index (χ1n) is 7.63. The third-order valence-electron chi connectivity index (χ3n) is 4.56. The maximum atomic E-state index is 2.45. The molecule has 0 aliphatic carbocycles. The Kier molecular flexibility index (Phi) is 4.35. The first kappa shape index (κ1) is 15.0. The summed E-state index contributed by atoms with van der Waals surface area (Å²) in [5.74, 6) is 2.10. The summed E-state index contributed by atoms with van der Waals surface area (Å²) in [5.41, 5.74) is 6.25. The van der Waals surface area contributed by atoms with Crippen LogP contribution < -0.4 is 0 Å². The maximum Gasteiger partial charge on any atom is 0.0144 e. The number of aryl methyl sites for hydroxylation is 1. The van der Waals surface area contributed by atoms with Gasteiger partial charge in [0.15, 0.2) is 0 Å². The van der Waals surface area contributed by atoms with E-state index < -0.39 is 0 Å². The minimum absolute atomic E-state index is 0.628. The summed E-state index contributed by atoms with van der Waals surface area (Å²) in [4.78, 5) is 1.60. The average Bonchev–Trinajstić information content (AvgIpc) is 2.32. The molecule has 0 fully saturated rings. The van der Waals surface area contributed by atoms with Crippen molar-refractivity contribution in [1.82, 2.24) is 0 Å². The zero-order chi connectivity index (χ0) is 14.3. The molecule has 1 aromatic rings. The molecular weight excluding hydrogens is 248 g/mol. The topological polar surface area (TPSA) is 0 Å². The molecule has 0 nitrogen and oxygen atoms in total. The van der Waals surface area contributed by atoms with E-state index >= 15 is 0 Å². The summed E-state index contributed by atoms with van der Waals surface area (Å²) in [6.07, 6.45) is 1.33. The fourth-order valence-corrected chi connectivity index (χ4v) is 4.71. The van der Waals surface area contributed by atoms with Gasteiger partial charge in [-0.05, 0) is 60.3 Å². The minimum atomic E-state index is 0.628. The minimum Gasteiger partial charge on any atom is -0.122 e. The van der Waals surface area contributed by atoms with E-state index in [0.717, 1.165) is 17.1 Å². The predicted octanol–water partition coefficient (Wildman–Crippen LogP) is 6.05. The van der Waals surface area contributed by atoms with Crippen LogP contribution in [0.25, 0.3) is 0 Å². The maximum absolute atomic E-state index is 2.45. The Bertz CT molecular complexity index is 471. The summed E-state index contributed by atoms with van der Waals surface area (Å²) in [6, 6.07) is 2.45. The Morgan fingerprint density at radius 2 is 1.79 bits per heavy atom. The van der Waals surface area contributed by atoms with Crippen molar-refractivity contribution in [1.29, 1.82) is 0 Å². The monoisotopic (exact) mass is 276 g/mol. The smallest absolute Gasteiger partial charge is 0.0144 e. The molecular formula is C18H28S. The van der Waals surface area contributed by atoms with Crippen LogP contribution in [0.15, 0.2) is 11.0 Å². The Morgan fingerprint density at radius 3 is 2.32 bits per heavy atom. The molecule has 1 heterocycles. The lowest BCUT2D eigenvalue weighted by atomic mass is 9.78. The highest BCUT2D eigenvalue weighted by Crippen LogP contribution is 2.49. The van der Waals surface area contributed by atoms with E-state index in [-0.39, 0.29) is 0 Å². The molecule has 0 saturated heterocycles. The number of benzene rings is 1. The van der Waals surface area contributed by atoms with Crippen LogP contribution in [0.2, 0.25) is 0 Å². The van der Waals surface area contributed by atoms with E-state index in [1.807, 2.05) is 0 Å². The van der Waals surface area contributed by atoms with Gasteiger partial charge in [0.1, 0.15) is 0 Å². The van der Waals surface area contributed by atoms with Crippen LogP contribution in [0, 0.1) is 19.8 Å². The van der Waals surface area contributed by atoms with Gasteiger partial charge in [-0.1, -0.05) is 40.7 Å². The zero-order valence-electron chi connectivity index (χ0n) is 13.5. The van der Waals surface area contributed by atoms with Crippen molar-refractivity contribution in [3.8, 4) is 0 Å². The third kappa shape index (κ3) is 2.72. The second-order valence-corrected chi connectivity index (χ2v) is 8.27. The van der Waals surface area contributed by atoms with Gasteiger partial charge in [-0.3, -0.25) is 0 Å². The molecule has 0 radical (unpaired) electrons. The van der Waals surface area contributed by atoms with Crippen molar-refractivity contribution in [2.45, 2.75) is 76.9 Å². The van der Waals surface area contributed by atoms with Crippen LogP contribution in [0.5, 0.6) is 0 Å². The summed E-state index contributed by atoms with van der Waals surface area (Å²) < 4.78 is 0. The van der Waals surface area contributed by atoms with E-state index in [9.17, 15) is 0 Å². The SMILES string of the molecule is Cc1cc(C(C)C)c2c(c1C)S[C@@H](C)CC2C(C)C. The standard InChI is InChI=1S/C18H28S/c1-10(2)15-8-12(5)14(7)18-17(15)16(11(3)4)9-13(6)19-18/h8,10-11,13,16H,9H2,1-7H3/t13-,16?/m0/s1. The van der Waals surface area contributed by atoms with Crippen molar-refractivity contribution >= 4 is 11.8 Å². The predicted molar refractivity (Wildman–Crippen MR) is 87.5 cm³/mol. The summed E-state index contributed by atoms with van der Waals surface area (Å²) in [6.45, 7) is 16.4.